The van der Waals surface area contributed by atoms with Crippen LogP contribution < -0.4 is 4.72 Å². The molecule has 138 valence electrons. The Hall–Kier alpha value is -1.87. The number of alkyl halides is 3. The number of amides is 1. The van der Waals surface area contributed by atoms with Gasteiger partial charge in [0.05, 0.1) is 10.8 Å². The van der Waals surface area contributed by atoms with Gasteiger partial charge in [-0.3, -0.25) is 4.79 Å². The highest BCUT2D eigenvalue weighted by Crippen LogP contribution is 2.33. The summed E-state index contributed by atoms with van der Waals surface area (Å²) >= 11 is 0. The highest BCUT2D eigenvalue weighted by atomic mass is 32.2. The first-order chi connectivity index (χ1) is 11.6. The second-order valence-corrected chi connectivity index (χ2v) is 7.56. The summed E-state index contributed by atoms with van der Waals surface area (Å²) < 4.78 is 64.7. The van der Waals surface area contributed by atoms with Crippen LogP contribution in [0.2, 0.25) is 0 Å². The van der Waals surface area contributed by atoms with Crippen LogP contribution in [0.15, 0.2) is 41.8 Å². The Kier molecular flexibility index (Phi) is 5.89. The molecule has 0 unspecified atom stereocenters. The molecule has 9 heteroatoms. The van der Waals surface area contributed by atoms with Crippen molar-refractivity contribution in [2.24, 2.45) is 5.92 Å². The maximum Gasteiger partial charge on any atom is 0.393 e. The maximum atomic E-state index is 12.8. The van der Waals surface area contributed by atoms with E-state index >= 15 is 0 Å². The van der Waals surface area contributed by atoms with Crippen molar-refractivity contribution in [2.45, 2.75) is 23.9 Å². The summed E-state index contributed by atoms with van der Waals surface area (Å²) in [7, 11) is -3.71. The molecule has 0 aromatic heterocycles. The fourth-order valence-corrected chi connectivity index (χ4v) is 3.64. The number of nitrogens with one attached hydrogen (secondary N) is 1. The minimum atomic E-state index is -4.33. The van der Waals surface area contributed by atoms with Crippen LogP contribution >= 0.6 is 0 Å². The average molecular weight is 376 g/mol. The zero-order valence-electron chi connectivity index (χ0n) is 13.4. The molecule has 1 saturated heterocycles. The Labute approximate surface area is 144 Å². The lowest BCUT2D eigenvalue weighted by Gasteiger charge is -2.33. The molecule has 1 N–H and O–H groups in total. The van der Waals surface area contributed by atoms with Crippen LogP contribution in [0, 0.1) is 5.92 Å². The van der Waals surface area contributed by atoms with Gasteiger partial charge in [0.2, 0.25) is 10.0 Å². The number of sulfonamides is 1. The molecule has 1 amide bonds. The predicted octanol–water partition coefficient (Wildman–Crippen LogP) is 2.57. The number of benzene rings is 1. The normalized spacial score (nSPS) is 18.8. The number of halogens is 3. The van der Waals surface area contributed by atoms with Crippen molar-refractivity contribution < 1.29 is 26.4 Å². The van der Waals surface area contributed by atoms with Crippen LogP contribution in [0.3, 0.4) is 0 Å². The van der Waals surface area contributed by atoms with Crippen molar-refractivity contribution in [3.05, 3.63) is 42.5 Å². The smallest absolute Gasteiger partial charge is 0.338 e. The van der Waals surface area contributed by atoms with Crippen LogP contribution in [0.4, 0.5) is 13.2 Å². The van der Waals surface area contributed by atoms with E-state index in [4.69, 9.17) is 0 Å². The van der Waals surface area contributed by atoms with Gasteiger partial charge in [0, 0.05) is 25.2 Å². The predicted molar refractivity (Wildman–Crippen MR) is 86.5 cm³/mol. The molecule has 0 bridgehead atoms. The number of carbonyl (C=O) groups excluding carboxylic acids is 1. The van der Waals surface area contributed by atoms with E-state index in [9.17, 15) is 26.4 Å². The highest BCUT2D eigenvalue weighted by molar-refractivity contribution is 7.89. The van der Waals surface area contributed by atoms with Crippen LogP contribution in [0.1, 0.15) is 23.2 Å². The molecule has 0 radical (unpaired) electrons. The largest absolute Gasteiger partial charge is 0.393 e. The molecule has 1 aliphatic rings. The molecule has 1 aromatic carbocycles. The molecule has 2 rings (SSSR count). The van der Waals surface area contributed by atoms with E-state index < -0.39 is 28.0 Å². The quantitative estimate of drug-likeness (QED) is 0.804. The van der Waals surface area contributed by atoms with Gasteiger partial charge in [-0.15, -0.1) is 6.58 Å². The van der Waals surface area contributed by atoms with Crippen LogP contribution in [0.25, 0.3) is 0 Å². The van der Waals surface area contributed by atoms with E-state index in [1.165, 1.54) is 35.2 Å². The number of rotatable bonds is 5. The molecule has 1 aliphatic heterocycles. The Balaban J connectivity index is 2.11. The van der Waals surface area contributed by atoms with E-state index in [1.807, 2.05) is 0 Å². The summed E-state index contributed by atoms with van der Waals surface area (Å²) in [6, 6.07) is 5.12. The van der Waals surface area contributed by atoms with Gasteiger partial charge in [-0.25, -0.2) is 13.1 Å². The summed E-state index contributed by atoms with van der Waals surface area (Å²) in [6.07, 6.45) is -2.64. The Morgan fingerprint density at radius 1 is 1.32 bits per heavy atom. The first-order valence-electron chi connectivity index (χ1n) is 7.72. The van der Waals surface area contributed by atoms with E-state index in [2.05, 4.69) is 11.3 Å². The minimum absolute atomic E-state index is 0.0133. The lowest BCUT2D eigenvalue weighted by atomic mass is 9.97. The van der Waals surface area contributed by atoms with Gasteiger partial charge in [0.15, 0.2) is 0 Å². The fraction of sp³-hybridized carbons (Fsp3) is 0.438. The molecule has 1 heterocycles. The molecule has 1 aromatic rings. The summed E-state index contributed by atoms with van der Waals surface area (Å²) in [6.45, 7) is 3.36. The number of hydrogen-bond acceptors (Lipinski definition) is 3. The lowest BCUT2D eigenvalue weighted by Crippen LogP contribution is -2.44. The molecule has 1 atom stereocenters. The van der Waals surface area contributed by atoms with E-state index in [0.717, 1.165) is 0 Å². The molecule has 25 heavy (non-hydrogen) atoms. The topological polar surface area (TPSA) is 66.5 Å². The minimum Gasteiger partial charge on any atom is -0.338 e. The van der Waals surface area contributed by atoms with Crippen molar-refractivity contribution >= 4 is 15.9 Å². The molecule has 0 aliphatic carbocycles. The first-order valence-corrected chi connectivity index (χ1v) is 9.20. The van der Waals surface area contributed by atoms with Gasteiger partial charge in [-0.1, -0.05) is 6.08 Å². The third-order valence-electron chi connectivity index (χ3n) is 4.00. The van der Waals surface area contributed by atoms with Gasteiger partial charge in [-0.05, 0) is 37.1 Å². The lowest BCUT2D eigenvalue weighted by molar-refractivity contribution is -0.184. The van der Waals surface area contributed by atoms with Crippen molar-refractivity contribution in [2.75, 3.05) is 19.6 Å². The van der Waals surface area contributed by atoms with Gasteiger partial charge in [-0.2, -0.15) is 13.2 Å². The third-order valence-corrected chi connectivity index (χ3v) is 5.44. The third kappa shape index (κ3) is 4.82. The van der Waals surface area contributed by atoms with Crippen molar-refractivity contribution in [3.8, 4) is 0 Å². The van der Waals surface area contributed by atoms with Crippen LogP contribution in [0.5, 0.6) is 0 Å². The van der Waals surface area contributed by atoms with Gasteiger partial charge in [0.25, 0.3) is 5.91 Å². The van der Waals surface area contributed by atoms with Gasteiger partial charge < -0.3 is 4.90 Å². The van der Waals surface area contributed by atoms with Crippen molar-refractivity contribution in [3.63, 3.8) is 0 Å². The number of carbonyl (C=O) groups is 1. The Morgan fingerprint density at radius 2 is 1.96 bits per heavy atom. The second-order valence-electron chi connectivity index (χ2n) is 5.80. The Bertz CT molecular complexity index is 730. The monoisotopic (exact) mass is 376 g/mol. The molecular formula is C16H19F3N2O3S. The molecule has 5 nitrogen and oxygen atoms in total. The van der Waals surface area contributed by atoms with Gasteiger partial charge in [0.1, 0.15) is 0 Å². The van der Waals surface area contributed by atoms with Gasteiger partial charge >= 0.3 is 6.18 Å². The fourth-order valence-electron chi connectivity index (χ4n) is 2.64. The zero-order chi connectivity index (χ0) is 18.7. The second kappa shape index (κ2) is 7.57. The Morgan fingerprint density at radius 3 is 2.52 bits per heavy atom. The summed E-state index contributed by atoms with van der Waals surface area (Å²) in [5, 5.41) is 0. The van der Waals surface area contributed by atoms with E-state index in [0.29, 0.717) is 0 Å². The van der Waals surface area contributed by atoms with E-state index in [-0.39, 0.29) is 42.9 Å². The maximum absolute atomic E-state index is 12.8. The van der Waals surface area contributed by atoms with Crippen LogP contribution in [-0.2, 0) is 10.0 Å². The summed E-state index contributed by atoms with van der Waals surface area (Å²) in [5.74, 6) is -2.05. The molecule has 0 saturated carbocycles. The highest BCUT2D eigenvalue weighted by Gasteiger charge is 2.42. The number of hydrogen-bond donors (Lipinski definition) is 1. The number of piperidine rings is 1. The SMILES string of the molecule is C=CCNS(=O)(=O)c1ccc(C(=O)N2CCC[C@H](C(F)(F)F)C2)cc1. The number of likely N-dealkylation sites (tertiary alicyclic amines) is 1. The molecular weight excluding hydrogens is 357 g/mol. The molecule has 0 spiro atoms. The zero-order valence-corrected chi connectivity index (χ0v) is 14.2. The van der Waals surface area contributed by atoms with E-state index in [1.54, 1.807) is 0 Å². The van der Waals surface area contributed by atoms with Crippen molar-refractivity contribution in [1.82, 2.24) is 9.62 Å². The summed E-state index contributed by atoms with van der Waals surface area (Å²) in [4.78, 5) is 13.5. The van der Waals surface area contributed by atoms with Crippen LogP contribution in [-0.4, -0.2) is 45.0 Å². The summed E-state index contributed by atoms with van der Waals surface area (Å²) in [5.41, 5.74) is 0.158. The standard InChI is InChI=1S/C16H19F3N2O3S/c1-2-9-20-25(23,24)14-7-5-12(6-8-14)15(22)21-10-3-4-13(11-21)16(17,18)19/h2,5-8,13,20H,1,3-4,9-11H2/t13-/m0/s1. The van der Waals surface area contributed by atoms with Crippen molar-refractivity contribution in [1.29, 1.82) is 0 Å². The first kappa shape index (κ1) is 19.5. The average Bonchev–Trinajstić information content (AvgIpc) is 2.59. The molecule has 1 fully saturated rings. The number of nitrogens with zero attached hydrogens (tertiary/aromatic N) is 1.